The molecule has 0 bridgehead atoms. The van der Waals surface area contributed by atoms with E-state index in [1.165, 1.54) is 5.56 Å². The maximum absolute atomic E-state index is 11.3. The molecule has 2 unspecified atom stereocenters. The van der Waals surface area contributed by atoms with Gasteiger partial charge in [0.1, 0.15) is 11.3 Å². The van der Waals surface area contributed by atoms with Crippen LogP contribution in [0.2, 0.25) is 0 Å². The van der Waals surface area contributed by atoms with Crippen molar-refractivity contribution in [3.8, 4) is 5.75 Å². The standard InChI is InChI=1S/C17H25NO3/c1-12(2)13-5-3-7-15(11-13)21-10-8-14-6-4-9-17(14,18)16(19)20/h3,5,7,11-12,14H,4,6,8-10,18H2,1-2H3,(H,19,20). The molecule has 1 aromatic carbocycles. The molecule has 21 heavy (non-hydrogen) atoms. The number of hydrogen-bond donors (Lipinski definition) is 2. The second-order valence-electron chi connectivity index (χ2n) is 6.30. The number of carbonyl (C=O) groups is 1. The topological polar surface area (TPSA) is 72.5 Å². The van der Waals surface area contributed by atoms with Gasteiger partial charge in [0.15, 0.2) is 0 Å². The van der Waals surface area contributed by atoms with Crippen molar-refractivity contribution in [1.29, 1.82) is 0 Å². The van der Waals surface area contributed by atoms with E-state index in [1.807, 2.05) is 18.2 Å². The molecule has 0 radical (unpaired) electrons. The molecular weight excluding hydrogens is 266 g/mol. The number of carboxylic acids is 1. The fourth-order valence-corrected chi connectivity index (χ4v) is 3.07. The lowest BCUT2D eigenvalue weighted by Crippen LogP contribution is -2.51. The summed E-state index contributed by atoms with van der Waals surface area (Å²) in [6, 6.07) is 8.06. The minimum atomic E-state index is -1.07. The van der Waals surface area contributed by atoms with Crippen LogP contribution in [0.5, 0.6) is 5.75 Å². The Balaban J connectivity index is 1.90. The normalized spacial score (nSPS) is 25.2. The van der Waals surface area contributed by atoms with Gasteiger partial charge in [-0.1, -0.05) is 32.4 Å². The van der Waals surface area contributed by atoms with Gasteiger partial charge >= 0.3 is 5.97 Å². The Morgan fingerprint density at radius 2 is 2.29 bits per heavy atom. The highest BCUT2D eigenvalue weighted by Gasteiger charge is 2.45. The third kappa shape index (κ3) is 3.56. The second-order valence-corrected chi connectivity index (χ2v) is 6.30. The fourth-order valence-electron chi connectivity index (χ4n) is 3.07. The Kier molecular flexibility index (Phi) is 4.88. The monoisotopic (exact) mass is 291 g/mol. The summed E-state index contributed by atoms with van der Waals surface area (Å²) in [5.41, 5.74) is 6.21. The number of benzene rings is 1. The Hall–Kier alpha value is -1.55. The smallest absolute Gasteiger partial charge is 0.323 e. The van der Waals surface area contributed by atoms with Crippen LogP contribution in [0.25, 0.3) is 0 Å². The molecule has 1 saturated carbocycles. The van der Waals surface area contributed by atoms with Crippen LogP contribution >= 0.6 is 0 Å². The number of rotatable bonds is 6. The quantitative estimate of drug-likeness (QED) is 0.844. The van der Waals surface area contributed by atoms with Crippen molar-refractivity contribution in [3.63, 3.8) is 0 Å². The Morgan fingerprint density at radius 1 is 1.52 bits per heavy atom. The lowest BCUT2D eigenvalue weighted by atomic mass is 9.86. The number of aliphatic carboxylic acids is 1. The van der Waals surface area contributed by atoms with E-state index in [2.05, 4.69) is 19.9 Å². The van der Waals surface area contributed by atoms with E-state index in [9.17, 15) is 9.90 Å². The molecular formula is C17H25NO3. The van der Waals surface area contributed by atoms with Crippen molar-refractivity contribution in [1.82, 2.24) is 0 Å². The van der Waals surface area contributed by atoms with E-state index in [0.717, 1.165) is 18.6 Å². The average molecular weight is 291 g/mol. The maximum Gasteiger partial charge on any atom is 0.323 e. The van der Waals surface area contributed by atoms with Gasteiger partial charge in [-0.3, -0.25) is 4.79 Å². The SMILES string of the molecule is CC(C)c1cccc(OCCC2CCCC2(N)C(=O)O)c1. The summed E-state index contributed by atoms with van der Waals surface area (Å²) in [5, 5.41) is 9.29. The first-order valence-electron chi connectivity index (χ1n) is 7.68. The van der Waals surface area contributed by atoms with Crippen LogP contribution in [0.1, 0.15) is 51.0 Å². The van der Waals surface area contributed by atoms with Gasteiger partial charge in [-0.25, -0.2) is 0 Å². The summed E-state index contributed by atoms with van der Waals surface area (Å²) < 4.78 is 5.78. The Labute approximate surface area is 126 Å². The lowest BCUT2D eigenvalue weighted by Gasteiger charge is -2.26. The third-order valence-corrected chi connectivity index (χ3v) is 4.53. The average Bonchev–Trinajstić information content (AvgIpc) is 2.82. The van der Waals surface area contributed by atoms with E-state index in [1.54, 1.807) is 0 Å². The summed E-state index contributed by atoms with van der Waals surface area (Å²) in [6.07, 6.45) is 3.01. The van der Waals surface area contributed by atoms with Crippen molar-refractivity contribution in [2.75, 3.05) is 6.61 Å². The molecule has 2 atom stereocenters. The molecule has 3 N–H and O–H groups in total. The first-order chi connectivity index (χ1) is 9.93. The van der Waals surface area contributed by atoms with Gasteiger partial charge in [0.2, 0.25) is 0 Å². The molecule has 0 saturated heterocycles. The highest BCUT2D eigenvalue weighted by atomic mass is 16.5. The Morgan fingerprint density at radius 3 is 2.95 bits per heavy atom. The van der Waals surface area contributed by atoms with Gasteiger partial charge in [-0.05, 0) is 48.8 Å². The predicted molar refractivity (Wildman–Crippen MR) is 82.5 cm³/mol. The molecule has 4 nitrogen and oxygen atoms in total. The summed E-state index contributed by atoms with van der Waals surface area (Å²) in [7, 11) is 0. The van der Waals surface area contributed by atoms with E-state index in [-0.39, 0.29) is 5.92 Å². The second kappa shape index (κ2) is 6.48. The van der Waals surface area contributed by atoms with Crippen molar-refractivity contribution in [2.45, 2.75) is 51.0 Å². The molecule has 1 fully saturated rings. The summed E-state index contributed by atoms with van der Waals surface area (Å²) >= 11 is 0. The highest BCUT2D eigenvalue weighted by molar-refractivity contribution is 5.79. The zero-order valence-electron chi connectivity index (χ0n) is 12.8. The molecule has 0 heterocycles. The van der Waals surface area contributed by atoms with Crippen molar-refractivity contribution < 1.29 is 14.6 Å². The molecule has 1 aliphatic rings. The molecule has 4 heteroatoms. The van der Waals surface area contributed by atoms with Crippen LogP contribution in [0, 0.1) is 5.92 Å². The van der Waals surface area contributed by atoms with Crippen molar-refractivity contribution in [3.05, 3.63) is 29.8 Å². The van der Waals surface area contributed by atoms with Gasteiger partial charge in [-0.15, -0.1) is 0 Å². The van der Waals surface area contributed by atoms with Gasteiger partial charge < -0.3 is 15.6 Å². The van der Waals surface area contributed by atoms with Crippen LogP contribution < -0.4 is 10.5 Å². The fraction of sp³-hybridized carbons (Fsp3) is 0.588. The summed E-state index contributed by atoms with van der Waals surface area (Å²) in [4.78, 5) is 11.3. The summed E-state index contributed by atoms with van der Waals surface area (Å²) in [5.74, 6) is 0.430. The van der Waals surface area contributed by atoms with Crippen LogP contribution in [0.15, 0.2) is 24.3 Å². The predicted octanol–water partition coefficient (Wildman–Crippen LogP) is 3.16. The van der Waals surface area contributed by atoms with E-state index in [4.69, 9.17) is 10.5 Å². The third-order valence-electron chi connectivity index (χ3n) is 4.53. The molecule has 0 spiro atoms. The van der Waals surface area contributed by atoms with Crippen molar-refractivity contribution >= 4 is 5.97 Å². The number of ether oxygens (including phenoxy) is 1. The zero-order valence-corrected chi connectivity index (χ0v) is 12.8. The van der Waals surface area contributed by atoms with Crippen LogP contribution in [0.3, 0.4) is 0 Å². The summed E-state index contributed by atoms with van der Waals surface area (Å²) in [6.45, 7) is 4.80. The minimum Gasteiger partial charge on any atom is -0.494 e. The molecule has 0 aliphatic heterocycles. The Bertz CT molecular complexity index is 501. The van der Waals surface area contributed by atoms with Crippen LogP contribution in [-0.4, -0.2) is 23.2 Å². The molecule has 1 aromatic rings. The highest BCUT2D eigenvalue weighted by Crippen LogP contribution is 2.36. The molecule has 2 rings (SSSR count). The van der Waals surface area contributed by atoms with Gasteiger partial charge in [0.25, 0.3) is 0 Å². The molecule has 116 valence electrons. The largest absolute Gasteiger partial charge is 0.494 e. The van der Waals surface area contributed by atoms with Crippen LogP contribution in [0.4, 0.5) is 0 Å². The minimum absolute atomic E-state index is 0.00304. The van der Waals surface area contributed by atoms with E-state index >= 15 is 0 Å². The van der Waals surface area contributed by atoms with E-state index < -0.39 is 11.5 Å². The van der Waals surface area contributed by atoms with Gasteiger partial charge in [-0.2, -0.15) is 0 Å². The molecule has 0 amide bonds. The first-order valence-corrected chi connectivity index (χ1v) is 7.68. The lowest BCUT2D eigenvalue weighted by molar-refractivity contribution is -0.144. The number of nitrogens with two attached hydrogens (primary N) is 1. The molecule has 1 aliphatic carbocycles. The van der Waals surface area contributed by atoms with E-state index in [0.29, 0.717) is 25.4 Å². The van der Waals surface area contributed by atoms with Gasteiger partial charge in [0.05, 0.1) is 6.61 Å². The van der Waals surface area contributed by atoms with Gasteiger partial charge in [0, 0.05) is 0 Å². The zero-order chi connectivity index (χ0) is 15.5. The van der Waals surface area contributed by atoms with Crippen molar-refractivity contribution in [2.24, 2.45) is 11.7 Å². The number of hydrogen-bond acceptors (Lipinski definition) is 3. The maximum atomic E-state index is 11.3. The van der Waals surface area contributed by atoms with Crippen LogP contribution in [-0.2, 0) is 4.79 Å². The number of carboxylic acid groups (broad SMARTS) is 1. The molecule has 0 aromatic heterocycles. The first kappa shape index (κ1) is 15.8.